The molecule has 0 radical (unpaired) electrons. The lowest BCUT2D eigenvalue weighted by Crippen LogP contribution is -1.96. The molecule has 6 heteroatoms. The first kappa shape index (κ1) is 12.6. The average Bonchev–Trinajstić information content (AvgIpc) is 2.73. The van der Waals surface area contributed by atoms with Gasteiger partial charge in [-0.05, 0) is 40.2 Å². The smallest absolute Gasteiger partial charge is 0.335 e. The number of rotatable bonds is 4. The normalized spacial score (nSPS) is 10.4. The Kier molecular flexibility index (Phi) is 4.20. The van der Waals surface area contributed by atoms with Gasteiger partial charge in [0, 0.05) is 16.8 Å². The predicted octanol–water partition coefficient (Wildman–Crippen LogP) is 3.90. The van der Waals surface area contributed by atoms with Crippen LogP contribution in [0.1, 0.15) is 15.2 Å². The SMILES string of the molecule is O=C(O)c1ccnc(SCc2ccc(Br)s2)c1. The van der Waals surface area contributed by atoms with Crippen LogP contribution in [0, 0.1) is 0 Å². The summed E-state index contributed by atoms with van der Waals surface area (Å²) in [6, 6.07) is 7.13. The second kappa shape index (κ2) is 5.66. The van der Waals surface area contributed by atoms with Crippen molar-refractivity contribution in [2.24, 2.45) is 0 Å². The van der Waals surface area contributed by atoms with Crippen LogP contribution in [0.4, 0.5) is 0 Å². The van der Waals surface area contributed by atoms with Gasteiger partial charge < -0.3 is 5.11 Å². The van der Waals surface area contributed by atoms with Crippen LogP contribution in [0.15, 0.2) is 39.3 Å². The number of aromatic carboxylic acids is 1. The summed E-state index contributed by atoms with van der Waals surface area (Å²) < 4.78 is 1.10. The lowest BCUT2D eigenvalue weighted by atomic mass is 10.3. The van der Waals surface area contributed by atoms with Crippen LogP contribution in [0.25, 0.3) is 0 Å². The number of halogens is 1. The van der Waals surface area contributed by atoms with Gasteiger partial charge in [0.1, 0.15) is 0 Å². The summed E-state index contributed by atoms with van der Waals surface area (Å²) in [5.74, 6) is -0.125. The van der Waals surface area contributed by atoms with Crippen molar-refractivity contribution in [2.75, 3.05) is 0 Å². The predicted molar refractivity (Wildman–Crippen MR) is 72.8 cm³/mol. The van der Waals surface area contributed by atoms with E-state index in [0.29, 0.717) is 0 Å². The molecule has 2 aromatic heterocycles. The summed E-state index contributed by atoms with van der Waals surface area (Å²) in [5, 5.41) is 9.59. The number of carboxylic acids is 1. The van der Waals surface area contributed by atoms with Crippen molar-refractivity contribution in [2.45, 2.75) is 10.8 Å². The van der Waals surface area contributed by atoms with Crippen molar-refractivity contribution >= 4 is 45.0 Å². The number of hydrogen-bond acceptors (Lipinski definition) is 4. The number of carboxylic acid groups (broad SMARTS) is 1. The third-order valence-corrected chi connectivity index (χ3v) is 4.75. The van der Waals surface area contributed by atoms with E-state index >= 15 is 0 Å². The van der Waals surface area contributed by atoms with Crippen LogP contribution in [-0.2, 0) is 5.75 Å². The van der Waals surface area contributed by atoms with E-state index in [2.05, 4.69) is 20.9 Å². The first-order valence-electron chi connectivity index (χ1n) is 4.71. The van der Waals surface area contributed by atoms with E-state index in [-0.39, 0.29) is 5.56 Å². The molecular formula is C11H8BrNO2S2. The summed E-state index contributed by atoms with van der Waals surface area (Å²) in [5.41, 5.74) is 0.273. The standard InChI is InChI=1S/C11H8BrNO2S2/c12-9-2-1-8(17-9)6-16-10-5-7(11(14)15)3-4-13-10/h1-5H,6H2,(H,14,15). The molecule has 0 aliphatic heterocycles. The van der Waals surface area contributed by atoms with Gasteiger partial charge in [-0.1, -0.05) is 0 Å². The first-order valence-corrected chi connectivity index (χ1v) is 7.31. The Labute approximate surface area is 115 Å². The fourth-order valence-electron chi connectivity index (χ4n) is 1.20. The van der Waals surface area contributed by atoms with Gasteiger partial charge in [-0.25, -0.2) is 9.78 Å². The zero-order valence-corrected chi connectivity index (χ0v) is 11.8. The summed E-state index contributed by atoms with van der Waals surface area (Å²) in [6.07, 6.45) is 1.52. The van der Waals surface area contributed by atoms with E-state index in [1.165, 1.54) is 28.9 Å². The van der Waals surface area contributed by atoms with Crippen molar-refractivity contribution in [3.8, 4) is 0 Å². The molecule has 0 spiro atoms. The van der Waals surface area contributed by atoms with Gasteiger partial charge in [-0.15, -0.1) is 23.1 Å². The van der Waals surface area contributed by atoms with E-state index in [4.69, 9.17) is 5.11 Å². The topological polar surface area (TPSA) is 50.2 Å². The molecule has 1 N–H and O–H groups in total. The lowest BCUT2D eigenvalue weighted by Gasteiger charge is -2.00. The van der Waals surface area contributed by atoms with Gasteiger partial charge >= 0.3 is 5.97 Å². The zero-order chi connectivity index (χ0) is 12.3. The fourth-order valence-corrected chi connectivity index (χ4v) is 3.62. The highest BCUT2D eigenvalue weighted by molar-refractivity contribution is 9.11. The van der Waals surface area contributed by atoms with E-state index in [0.717, 1.165) is 14.6 Å². The van der Waals surface area contributed by atoms with E-state index < -0.39 is 5.97 Å². The quantitative estimate of drug-likeness (QED) is 0.864. The van der Waals surface area contributed by atoms with Gasteiger partial charge in [0.25, 0.3) is 0 Å². The Morgan fingerprint density at radius 2 is 2.29 bits per heavy atom. The highest BCUT2D eigenvalue weighted by Crippen LogP contribution is 2.28. The molecule has 2 heterocycles. The molecule has 0 aliphatic carbocycles. The zero-order valence-electron chi connectivity index (χ0n) is 8.59. The van der Waals surface area contributed by atoms with Crippen molar-refractivity contribution in [1.82, 2.24) is 4.98 Å². The van der Waals surface area contributed by atoms with Gasteiger partial charge in [0.05, 0.1) is 14.4 Å². The van der Waals surface area contributed by atoms with Crippen LogP contribution in [0.2, 0.25) is 0 Å². The number of nitrogens with zero attached hydrogens (tertiary/aromatic N) is 1. The molecule has 0 saturated heterocycles. The Morgan fingerprint density at radius 3 is 2.94 bits per heavy atom. The van der Waals surface area contributed by atoms with Crippen LogP contribution in [-0.4, -0.2) is 16.1 Å². The maximum Gasteiger partial charge on any atom is 0.335 e. The highest BCUT2D eigenvalue weighted by atomic mass is 79.9. The maximum absolute atomic E-state index is 10.8. The minimum Gasteiger partial charge on any atom is -0.478 e. The van der Waals surface area contributed by atoms with Crippen LogP contribution in [0.3, 0.4) is 0 Å². The van der Waals surface area contributed by atoms with Crippen molar-refractivity contribution in [3.05, 3.63) is 44.7 Å². The molecule has 3 nitrogen and oxygen atoms in total. The summed E-state index contributed by atoms with van der Waals surface area (Å²) >= 11 is 6.61. The summed E-state index contributed by atoms with van der Waals surface area (Å²) in [4.78, 5) is 16.2. The molecule has 0 aliphatic rings. The van der Waals surface area contributed by atoms with Gasteiger partial charge in [-0.2, -0.15) is 0 Å². The third-order valence-electron chi connectivity index (χ3n) is 1.97. The Bertz CT molecular complexity index is 542. The number of hydrogen-bond donors (Lipinski definition) is 1. The molecule has 0 amide bonds. The van der Waals surface area contributed by atoms with Gasteiger partial charge in [-0.3, -0.25) is 0 Å². The summed E-state index contributed by atoms with van der Waals surface area (Å²) in [6.45, 7) is 0. The van der Waals surface area contributed by atoms with Gasteiger partial charge in [0.15, 0.2) is 0 Å². The minimum atomic E-state index is -0.923. The van der Waals surface area contributed by atoms with Gasteiger partial charge in [0.2, 0.25) is 0 Å². The molecule has 2 aromatic rings. The lowest BCUT2D eigenvalue weighted by molar-refractivity contribution is 0.0696. The molecule has 0 bridgehead atoms. The van der Waals surface area contributed by atoms with E-state index in [1.54, 1.807) is 17.4 Å². The van der Waals surface area contributed by atoms with Crippen LogP contribution >= 0.6 is 39.0 Å². The third kappa shape index (κ3) is 3.55. The molecule has 17 heavy (non-hydrogen) atoms. The number of aromatic nitrogens is 1. The number of pyridine rings is 1. The summed E-state index contributed by atoms with van der Waals surface area (Å²) in [7, 11) is 0. The minimum absolute atomic E-state index is 0.273. The molecule has 0 aromatic carbocycles. The fraction of sp³-hybridized carbons (Fsp3) is 0.0909. The van der Waals surface area contributed by atoms with E-state index in [1.807, 2.05) is 12.1 Å². The van der Waals surface area contributed by atoms with Crippen molar-refractivity contribution in [1.29, 1.82) is 0 Å². The second-order valence-corrected chi connectivity index (χ2v) is 6.73. The molecule has 0 atom stereocenters. The number of thioether (sulfide) groups is 1. The molecular weight excluding hydrogens is 322 g/mol. The molecule has 0 fully saturated rings. The van der Waals surface area contributed by atoms with E-state index in [9.17, 15) is 4.79 Å². The maximum atomic E-state index is 10.8. The first-order chi connectivity index (χ1) is 8.15. The molecule has 88 valence electrons. The van der Waals surface area contributed by atoms with Crippen LogP contribution < -0.4 is 0 Å². The molecule has 2 rings (SSSR count). The second-order valence-electron chi connectivity index (χ2n) is 3.18. The number of carbonyl (C=O) groups is 1. The molecule has 0 saturated carbocycles. The largest absolute Gasteiger partial charge is 0.478 e. The van der Waals surface area contributed by atoms with Crippen molar-refractivity contribution in [3.63, 3.8) is 0 Å². The monoisotopic (exact) mass is 329 g/mol. The highest BCUT2D eigenvalue weighted by Gasteiger charge is 2.05. The van der Waals surface area contributed by atoms with Crippen molar-refractivity contribution < 1.29 is 9.90 Å². The Hall–Kier alpha value is -0.850. The molecule has 0 unspecified atom stereocenters. The Balaban J connectivity index is 2.04. The average molecular weight is 330 g/mol. The van der Waals surface area contributed by atoms with Crippen LogP contribution in [0.5, 0.6) is 0 Å². The Morgan fingerprint density at radius 1 is 1.47 bits per heavy atom. The number of thiophene rings is 1.